The van der Waals surface area contributed by atoms with E-state index in [2.05, 4.69) is 10.2 Å². The van der Waals surface area contributed by atoms with Crippen molar-refractivity contribution in [2.75, 3.05) is 5.75 Å². The third kappa shape index (κ3) is 2.78. The highest BCUT2D eigenvalue weighted by Crippen LogP contribution is 2.14. The standard InChI is InChI=1S/C9H9N3O4S/c13-7(14)5-17-9-11-10-8(15)12(9)3-6-1-2-16-4-6/h1-2,4H,3,5H2,(H,10,15)(H,13,14). The Kier molecular flexibility index (Phi) is 3.33. The van der Waals surface area contributed by atoms with E-state index < -0.39 is 5.97 Å². The first-order chi connectivity index (χ1) is 8.16. The van der Waals surface area contributed by atoms with Gasteiger partial charge in [0, 0.05) is 5.56 Å². The Morgan fingerprint density at radius 1 is 1.65 bits per heavy atom. The number of nitrogens with one attached hydrogen (secondary N) is 1. The molecule has 0 unspecified atom stereocenters. The molecule has 0 aromatic carbocycles. The number of hydrogen-bond acceptors (Lipinski definition) is 5. The van der Waals surface area contributed by atoms with Gasteiger partial charge in [-0.25, -0.2) is 9.89 Å². The van der Waals surface area contributed by atoms with Gasteiger partial charge in [-0.2, -0.15) is 0 Å². The van der Waals surface area contributed by atoms with E-state index in [1.165, 1.54) is 17.1 Å². The van der Waals surface area contributed by atoms with Crippen LogP contribution in [0.2, 0.25) is 0 Å². The molecule has 2 aromatic heterocycles. The van der Waals surface area contributed by atoms with E-state index in [4.69, 9.17) is 9.52 Å². The molecule has 7 nitrogen and oxygen atoms in total. The Morgan fingerprint density at radius 3 is 3.12 bits per heavy atom. The molecule has 2 rings (SSSR count). The van der Waals surface area contributed by atoms with Gasteiger partial charge in [0.15, 0.2) is 5.16 Å². The highest BCUT2D eigenvalue weighted by Gasteiger charge is 2.11. The lowest BCUT2D eigenvalue weighted by Gasteiger charge is -2.01. The molecule has 0 fully saturated rings. The first-order valence-electron chi connectivity index (χ1n) is 4.67. The maximum atomic E-state index is 11.5. The minimum absolute atomic E-state index is 0.143. The Labute approximate surface area is 99.4 Å². The number of aromatic nitrogens is 3. The van der Waals surface area contributed by atoms with E-state index >= 15 is 0 Å². The van der Waals surface area contributed by atoms with Crippen LogP contribution in [0.1, 0.15) is 5.56 Å². The van der Waals surface area contributed by atoms with E-state index in [1.807, 2.05) is 0 Å². The van der Waals surface area contributed by atoms with Crippen molar-refractivity contribution in [3.05, 3.63) is 34.6 Å². The molecular weight excluding hydrogens is 246 g/mol. The van der Waals surface area contributed by atoms with Crippen LogP contribution in [0.3, 0.4) is 0 Å². The summed E-state index contributed by atoms with van der Waals surface area (Å²) in [6.45, 7) is 0.299. The third-order valence-electron chi connectivity index (χ3n) is 1.97. The number of rotatable bonds is 5. The van der Waals surface area contributed by atoms with E-state index in [0.717, 1.165) is 17.3 Å². The van der Waals surface area contributed by atoms with Gasteiger partial charge in [0.2, 0.25) is 0 Å². The van der Waals surface area contributed by atoms with Gasteiger partial charge in [-0.1, -0.05) is 11.8 Å². The molecule has 0 saturated heterocycles. The van der Waals surface area contributed by atoms with Crippen molar-refractivity contribution in [1.29, 1.82) is 0 Å². The normalized spacial score (nSPS) is 10.6. The summed E-state index contributed by atoms with van der Waals surface area (Å²) in [7, 11) is 0. The summed E-state index contributed by atoms with van der Waals surface area (Å²) in [5.74, 6) is -1.10. The Balaban J connectivity index is 2.17. The molecule has 0 aliphatic heterocycles. The fourth-order valence-corrected chi connectivity index (χ4v) is 1.91. The molecule has 0 atom stereocenters. The Morgan fingerprint density at radius 2 is 2.47 bits per heavy atom. The van der Waals surface area contributed by atoms with Crippen LogP contribution in [0.4, 0.5) is 0 Å². The predicted octanol–water partition coefficient (Wildman–Crippen LogP) is 0.389. The SMILES string of the molecule is O=C(O)CSc1n[nH]c(=O)n1Cc1ccoc1. The lowest BCUT2D eigenvalue weighted by molar-refractivity contribution is -0.133. The number of aromatic amines is 1. The second-order valence-electron chi connectivity index (χ2n) is 3.21. The minimum atomic E-state index is -0.958. The second-order valence-corrected chi connectivity index (χ2v) is 4.15. The van der Waals surface area contributed by atoms with Crippen molar-refractivity contribution in [2.45, 2.75) is 11.7 Å². The zero-order valence-corrected chi connectivity index (χ0v) is 9.44. The van der Waals surface area contributed by atoms with Crippen LogP contribution in [0.5, 0.6) is 0 Å². The van der Waals surface area contributed by atoms with Crippen LogP contribution in [0.25, 0.3) is 0 Å². The van der Waals surface area contributed by atoms with Crippen molar-refractivity contribution in [3.8, 4) is 0 Å². The fraction of sp³-hybridized carbons (Fsp3) is 0.222. The first kappa shape index (κ1) is 11.5. The van der Waals surface area contributed by atoms with Crippen LogP contribution in [-0.4, -0.2) is 31.6 Å². The lowest BCUT2D eigenvalue weighted by Crippen LogP contribution is -2.18. The molecule has 2 N–H and O–H groups in total. The zero-order chi connectivity index (χ0) is 12.3. The number of thioether (sulfide) groups is 1. The quantitative estimate of drug-likeness (QED) is 0.749. The smallest absolute Gasteiger partial charge is 0.344 e. The highest BCUT2D eigenvalue weighted by molar-refractivity contribution is 7.99. The van der Waals surface area contributed by atoms with Gasteiger partial charge < -0.3 is 9.52 Å². The van der Waals surface area contributed by atoms with Crippen LogP contribution in [0.15, 0.2) is 33.0 Å². The van der Waals surface area contributed by atoms with Crippen molar-refractivity contribution >= 4 is 17.7 Å². The molecule has 0 aliphatic rings. The van der Waals surface area contributed by atoms with Gasteiger partial charge in [-0.15, -0.1) is 5.10 Å². The Bertz CT molecular complexity index is 557. The van der Waals surface area contributed by atoms with E-state index in [-0.39, 0.29) is 11.4 Å². The van der Waals surface area contributed by atoms with Gasteiger partial charge in [0.1, 0.15) is 0 Å². The molecule has 0 radical (unpaired) electrons. The maximum absolute atomic E-state index is 11.5. The molecule has 8 heteroatoms. The first-order valence-corrected chi connectivity index (χ1v) is 5.66. The van der Waals surface area contributed by atoms with Gasteiger partial charge in [-0.3, -0.25) is 9.36 Å². The summed E-state index contributed by atoms with van der Waals surface area (Å²) in [5.41, 5.74) is 0.435. The van der Waals surface area contributed by atoms with Gasteiger partial charge in [0.25, 0.3) is 0 Å². The number of furan rings is 1. The number of carbonyl (C=O) groups is 1. The van der Waals surface area contributed by atoms with Gasteiger partial charge in [-0.05, 0) is 6.07 Å². The van der Waals surface area contributed by atoms with Crippen molar-refractivity contribution in [3.63, 3.8) is 0 Å². The van der Waals surface area contributed by atoms with E-state index in [0.29, 0.717) is 11.7 Å². The summed E-state index contributed by atoms with van der Waals surface area (Å²) in [5, 5.41) is 15.0. The molecular formula is C9H9N3O4S. The molecule has 2 heterocycles. The van der Waals surface area contributed by atoms with E-state index in [1.54, 1.807) is 6.07 Å². The number of H-pyrrole nitrogens is 1. The summed E-state index contributed by atoms with van der Waals surface area (Å²) in [4.78, 5) is 21.9. The van der Waals surface area contributed by atoms with Gasteiger partial charge >= 0.3 is 11.7 Å². The topological polar surface area (TPSA) is 101 Å². The number of aliphatic carboxylic acids is 1. The number of hydrogen-bond donors (Lipinski definition) is 2. The van der Waals surface area contributed by atoms with Crippen LogP contribution in [-0.2, 0) is 11.3 Å². The maximum Gasteiger partial charge on any atom is 0.344 e. The second kappa shape index (κ2) is 4.91. The average molecular weight is 255 g/mol. The number of carboxylic acids is 1. The average Bonchev–Trinajstić information content (AvgIpc) is 2.89. The van der Waals surface area contributed by atoms with Crippen LogP contribution in [0, 0.1) is 0 Å². The zero-order valence-electron chi connectivity index (χ0n) is 8.62. The minimum Gasteiger partial charge on any atom is -0.481 e. The molecule has 0 saturated carbocycles. The molecule has 0 amide bonds. The fourth-order valence-electron chi connectivity index (χ4n) is 1.24. The summed E-state index contributed by atoms with van der Waals surface area (Å²) >= 11 is 0.988. The van der Waals surface area contributed by atoms with Gasteiger partial charge in [0.05, 0.1) is 24.8 Å². The van der Waals surface area contributed by atoms with Crippen molar-refractivity contribution in [2.24, 2.45) is 0 Å². The predicted molar refractivity (Wildman–Crippen MR) is 59.0 cm³/mol. The van der Waals surface area contributed by atoms with Crippen LogP contribution >= 0.6 is 11.8 Å². The molecule has 2 aromatic rings. The monoisotopic (exact) mass is 255 g/mol. The summed E-state index contributed by atoms with van der Waals surface area (Å²) in [6.07, 6.45) is 3.02. The highest BCUT2D eigenvalue weighted by atomic mass is 32.2. The third-order valence-corrected chi connectivity index (χ3v) is 2.93. The Hall–Kier alpha value is -1.96. The van der Waals surface area contributed by atoms with E-state index in [9.17, 15) is 9.59 Å². The summed E-state index contributed by atoms with van der Waals surface area (Å²) < 4.78 is 6.25. The summed E-state index contributed by atoms with van der Waals surface area (Å²) in [6, 6.07) is 1.73. The molecule has 0 bridgehead atoms. The lowest BCUT2D eigenvalue weighted by atomic mass is 10.3. The molecule has 17 heavy (non-hydrogen) atoms. The molecule has 0 aliphatic carbocycles. The van der Waals surface area contributed by atoms with Crippen molar-refractivity contribution in [1.82, 2.24) is 14.8 Å². The largest absolute Gasteiger partial charge is 0.481 e. The van der Waals surface area contributed by atoms with Crippen molar-refractivity contribution < 1.29 is 14.3 Å². The van der Waals surface area contributed by atoms with Crippen LogP contribution < -0.4 is 5.69 Å². The molecule has 0 spiro atoms. The number of nitrogens with zero attached hydrogens (tertiary/aromatic N) is 2. The molecule has 90 valence electrons. The number of carboxylic acid groups (broad SMARTS) is 1.